The first kappa shape index (κ1) is 12.2. The SMILES string of the molecule is C=CCNS(=O)(=O)c1ccc(N)cc1Br. The summed E-state index contributed by atoms with van der Waals surface area (Å²) < 4.78 is 26.2. The van der Waals surface area contributed by atoms with Crippen molar-refractivity contribution in [3.05, 3.63) is 35.3 Å². The lowest BCUT2D eigenvalue weighted by Gasteiger charge is -2.07. The van der Waals surface area contributed by atoms with Gasteiger partial charge in [-0.3, -0.25) is 0 Å². The van der Waals surface area contributed by atoms with Crippen molar-refractivity contribution in [2.24, 2.45) is 0 Å². The van der Waals surface area contributed by atoms with E-state index < -0.39 is 10.0 Å². The number of rotatable bonds is 4. The van der Waals surface area contributed by atoms with Crippen LogP contribution in [0.2, 0.25) is 0 Å². The predicted octanol–water partition coefficient (Wildman–Crippen LogP) is 1.50. The highest BCUT2D eigenvalue weighted by Gasteiger charge is 2.16. The zero-order valence-electron chi connectivity index (χ0n) is 7.90. The van der Waals surface area contributed by atoms with Crippen LogP contribution in [0.5, 0.6) is 0 Å². The molecular formula is C9H11BrN2O2S. The molecule has 82 valence electrons. The molecule has 1 rings (SSSR count). The number of hydrogen-bond acceptors (Lipinski definition) is 3. The van der Waals surface area contributed by atoms with Crippen molar-refractivity contribution in [3.63, 3.8) is 0 Å². The van der Waals surface area contributed by atoms with Gasteiger partial charge in [0.05, 0.1) is 4.90 Å². The van der Waals surface area contributed by atoms with E-state index >= 15 is 0 Å². The summed E-state index contributed by atoms with van der Waals surface area (Å²) >= 11 is 3.15. The number of hydrogen-bond donors (Lipinski definition) is 2. The van der Waals surface area contributed by atoms with E-state index in [2.05, 4.69) is 27.2 Å². The van der Waals surface area contributed by atoms with Gasteiger partial charge >= 0.3 is 0 Å². The van der Waals surface area contributed by atoms with Gasteiger partial charge in [0.25, 0.3) is 0 Å². The molecule has 0 unspecified atom stereocenters. The van der Waals surface area contributed by atoms with Crippen molar-refractivity contribution in [1.82, 2.24) is 4.72 Å². The van der Waals surface area contributed by atoms with Crippen molar-refractivity contribution in [1.29, 1.82) is 0 Å². The maximum absolute atomic E-state index is 11.7. The largest absolute Gasteiger partial charge is 0.399 e. The first-order valence-corrected chi connectivity index (χ1v) is 6.40. The molecule has 0 saturated carbocycles. The van der Waals surface area contributed by atoms with E-state index in [1.165, 1.54) is 18.2 Å². The van der Waals surface area contributed by atoms with E-state index in [0.29, 0.717) is 10.2 Å². The highest BCUT2D eigenvalue weighted by molar-refractivity contribution is 9.10. The third-order valence-electron chi connectivity index (χ3n) is 1.66. The number of halogens is 1. The van der Waals surface area contributed by atoms with Crippen molar-refractivity contribution in [2.45, 2.75) is 4.90 Å². The van der Waals surface area contributed by atoms with Crippen molar-refractivity contribution >= 4 is 31.6 Å². The second-order valence-corrected chi connectivity index (χ2v) is 5.42. The van der Waals surface area contributed by atoms with Gasteiger partial charge in [0.15, 0.2) is 0 Å². The molecular weight excluding hydrogens is 280 g/mol. The molecule has 4 nitrogen and oxygen atoms in total. The molecule has 0 radical (unpaired) electrons. The van der Waals surface area contributed by atoms with Crippen LogP contribution in [0, 0.1) is 0 Å². The number of nitrogens with two attached hydrogens (primary N) is 1. The number of nitrogen functional groups attached to an aromatic ring is 1. The van der Waals surface area contributed by atoms with E-state index in [1.54, 1.807) is 6.07 Å². The Balaban J connectivity index is 3.10. The summed E-state index contributed by atoms with van der Waals surface area (Å²) in [5.41, 5.74) is 6.01. The second kappa shape index (κ2) is 4.78. The molecule has 6 heteroatoms. The van der Waals surface area contributed by atoms with Gasteiger partial charge in [0.2, 0.25) is 10.0 Å². The minimum absolute atomic E-state index is 0.165. The van der Waals surface area contributed by atoms with E-state index in [4.69, 9.17) is 5.73 Å². The predicted molar refractivity (Wildman–Crippen MR) is 63.9 cm³/mol. The van der Waals surface area contributed by atoms with E-state index in [0.717, 1.165) is 0 Å². The molecule has 0 saturated heterocycles. The summed E-state index contributed by atoms with van der Waals surface area (Å²) in [7, 11) is -3.49. The Hall–Kier alpha value is -0.850. The van der Waals surface area contributed by atoms with Crippen LogP contribution < -0.4 is 10.5 Å². The van der Waals surface area contributed by atoms with Crippen molar-refractivity contribution < 1.29 is 8.42 Å². The normalized spacial score (nSPS) is 11.3. The maximum atomic E-state index is 11.7. The monoisotopic (exact) mass is 290 g/mol. The Labute approximate surface area is 97.4 Å². The van der Waals surface area contributed by atoms with E-state index in [-0.39, 0.29) is 11.4 Å². The van der Waals surface area contributed by atoms with Gasteiger partial charge in [-0.15, -0.1) is 6.58 Å². The molecule has 0 aliphatic heterocycles. The fourth-order valence-corrected chi connectivity index (χ4v) is 3.07. The molecule has 0 fully saturated rings. The number of sulfonamides is 1. The summed E-state index contributed by atoms with van der Waals surface area (Å²) in [6, 6.07) is 4.53. The molecule has 3 N–H and O–H groups in total. The summed E-state index contributed by atoms with van der Waals surface area (Å²) in [5.74, 6) is 0. The van der Waals surface area contributed by atoms with Gasteiger partial charge in [-0.2, -0.15) is 0 Å². The minimum atomic E-state index is -3.49. The quantitative estimate of drug-likeness (QED) is 0.652. The number of nitrogens with one attached hydrogen (secondary N) is 1. The van der Waals surface area contributed by atoms with Crippen LogP contribution in [-0.4, -0.2) is 15.0 Å². The molecule has 0 heterocycles. The first-order valence-electron chi connectivity index (χ1n) is 4.13. The number of anilines is 1. The Bertz CT molecular complexity index is 471. The Morgan fingerprint density at radius 2 is 2.20 bits per heavy atom. The lowest BCUT2D eigenvalue weighted by molar-refractivity contribution is 0.585. The van der Waals surface area contributed by atoms with Gasteiger partial charge < -0.3 is 5.73 Å². The summed E-state index contributed by atoms with van der Waals surface area (Å²) in [6.07, 6.45) is 1.47. The number of benzene rings is 1. The molecule has 0 spiro atoms. The van der Waals surface area contributed by atoms with Crippen LogP contribution in [-0.2, 0) is 10.0 Å². The topological polar surface area (TPSA) is 72.2 Å². The van der Waals surface area contributed by atoms with Crippen LogP contribution in [0.25, 0.3) is 0 Å². The fourth-order valence-electron chi connectivity index (χ4n) is 0.981. The maximum Gasteiger partial charge on any atom is 0.241 e. The standard InChI is InChI=1S/C9H11BrN2O2S/c1-2-5-12-15(13,14)9-4-3-7(11)6-8(9)10/h2-4,6,12H,1,5,11H2. The van der Waals surface area contributed by atoms with Crippen molar-refractivity contribution in [2.75, 3.05) is 12.3 Å². The van der Waals surface area contributed by atoms with Crippen LogP contribution in [0.15, 0.2) is 40.2 Å². The average molecular weight is 291 g/mol. The molecule has 0 aromatic heterocycles. The van der Waals surface area contributed by atoms with E-state index in [1.807, 2.05) is 0 Å². The molecule has 0 atom stereocenters. The molecule has 15 heavy (non-hydrogen) atoms. The zero-order valence-corrected chi connectivity index (χ0v) is 10.3. The van der Waals surface area contributed by atoms with Gasteiger partial charge in [0.1, 0.15) is 0 Å². The molecule has 1 aromatic carbocycles. The second-order valence-electron chi connectivity index (χ2n) is 2.83. The molecule has 0 aliphatic rings. The Morgan fingerprint density at radius 3 is 2.73 bits per heavy atom. The minimum Gasteiger partial charge on any atom is -0.399 e. The highest BCUT2D eigenvalue weighted by Crippen LogP contribution is 2.23. The van der Waals surface area contributed by atoms with Crippen LogP contribution in [0.4, 0.5) is 5.69 Å². The zero-order chi connectivity index (χ0) is 11.5. The summed E-state index contributed by atoms with van der Waals surface area (Å²) in [6.45, 7) is 3.63. The van der Waals surface area contributed by atoms with Crippen LogP contribution in [0.1, 0.15) is 0 Å². The third kappa shape index (κ3) is 3.05. The molecule has 0 bridgehead atoms. The summed E-state index contributed by atoms with van der Waals surface area (Å²) in [4.78, 5) is 0.165. The fraction of sp³-hybridized carbons (Fsp3) is 0.111. The lowest BCUT2D eigenvalue weighted by Crippen LogP contribution is -2.24. The molecule has 0 amide bonds. The lowest BCUT2D eigenvalue weighted by atomic mass is 10.3. The Morgan fingerprint density at radius 1 is 1.53 bits per heavy atom. The van der Waals surface area contributed by atoms with Gasteiger partial charge in [0, 0.05) is 16.7 Å². The average Bonchev–Trinajstić information content (AvgIpc) is 2.14. The molecule has 0 aliphatic carbocycles. The van der Waals surface area contributed by atoms with Gasteiger partial charge in [-0.05, 0) is 34.1 Å². The first-order chi connectivity index (χ1) is 6.97. The van der Waals surface area contributed by atoms with Crippen LogP contribution in [0.3, 0.4) is 0 Å². The van der Waals surface area contributed by atoms with Crippen molar-refractivity contribution in [3.8, 4) is 0 Å². The van der Waals surface area contributed by atoms with E-state index in [9.17, 15) is 8.42 Å². The van der Waals surface area contributed by atoms with Gasteiger partial charge in [-0.25, -0.2) is 13.1 Å². The smallest absolute Gasteiger partial charge is 0.241 e. The third-order valence-corrected chi connectivity index (χ3v) is 4.06. The summed E-state index contributed by atoms with van der Waals surface area (Å²) in [5, 5.41) is 0. The molecule has 1 aromatic rings. The van der Waals surface area contributed by atoms with Crippen LogP contribution >= 0.6 is 15.9 Å². The Kier molecular flexibility index (Phi) is 3.90. The highest BCUT2D eigenvalue weighted by atomic mass is 79.9. The van der Waals surface area contributed by atoms with Gasteiger partial charge in [-0.1, -0.05) is 6.08 Å².